The predicted molar refractivity (Wildman–Crippen MR) is 122 cm³/mol. The van der Waals surface area contributed by atoms with Gasteiger partial charge in [0.25, 0.3) is 0 Å². The van der Waals surface area contributed by atoms with Crippen molar-refractivity contribution in [2.24, 2.45) is 11.8 Å². The largest absolute Gasteiger partial charge is 0.342 e. The number of thioether (sulfide) groups is 1. The Balaban J connectivity index is 1.31. The van der Waals surface area contributed by atoms with Gasteiger partial charge in [0.05, 0.1) is 12.4 Å². The highest BCUT2D eigenvalue weighted by atomic mass is 32.2. The van der Waals surface area contributed by atoms with E-state index in [9.17, 15) is 4.79 Å². The molecule has 2 atom stereocenters. The molecule has 0 radical (unpaired) electrons. The molecule has 166 valence electrons. The zero-order chi connectivity index (χ0) is 21.1. The number of amides is 1. The highest BCUT2D eigenvalue weighted by Crippen LogP contribution is 2.48. The second-order valence-corrected chi connectivity index (χ2v) is 11.4. The molecule has 2 N–H and O–H groups in total. The number of aryl methyl sites for hydroxylation is 1. The highest BCUT2D eigenvalue weighted by Gasteiger charge is 2.42. The van der Waals surface area contributed by atoms with Gasteiger partial charge in [0.15, 0.2) is 5.16 Å². The topological polar surface area (TPSA) is 78.3 Å². The first kappa shape index (κ1) is 20.0. The van der Waals surface area contributed by atoms with E-state index in [1.165, 1.54) is 39.2 Å². The Kier molecular flexibility index (Phi) is 5.01. The number of carbonyl (C=O) groups is 1. The first-order chi connectivity index (χ1) is 15.1. The van der Waals surface area contributed by atoms with Crippen molar-refractivity contribution in [3.05, 3.63) is 16.0 Å². The Hall–Kier alpha value is -1.62. The summed E-state index contributed by atoms with van der Waals surface area (Å²) in [4.78, 5) is 16.3. The summed E-state index contributed by atoms with van der Waals surface area (Å²) >= 11 is 3.41. The van der Waals surface area contributed by atoms with Crippen LogP contribution in [0.3, 0.4) is 0 Å². The van der Waals surface area contributed by atoms with E-state index >= 15 is 0 Å². The third kappa shape index (κ3) is 3.30. The number of fused-ring (bicyclic) bond motifs is 8. The molecule has 0 bridgehead atoms. The second-order valence-electron chi connectivity index (χ2n) is 9.35. The number of carbonyl (C=O) groups excluding carboxylic acids is 1. The van der Waals surface area contributed by atoms with Crippen molar-refractivity contribution in [1.82, 2.24) is 30.4 Å². The molecule has 6 rings (SSSR count). The van der Waals surface area contributed by atoms with Gasteiger partial charge in [-0.2, -0.15) is 0 Å². The summed E-state index contributed by atoms with van der Waals surface area (Å²) in [7, 11) is 0. The van der Waals surface area contributed by atoms with Gasteiger partial charge in [-0.3, -0.25) is 15.1 Å². The van der Waals surface area contributed by atoms with Crippen LogP contribution in [0.25, 0.3) is 5.00 Å². The van der Waals surface area contributed by atoms with Crippen LogP contribution in [0.2, 0.25) is 0 Å². The number of hydrazine groups is 1. The number of nitrogens with one attached hydrogen (secondary N) is 2. The van der Waals surface area contributed by atoms with Crippen LogP contribution < -0.4 is 15.8 Å². The summed E-state index contributed by atoms with van der Waals surface area (Å²) in [5.74, 6) is 2.88. The Morgan fingerprint density at radius 1 is 1.19 bits per heavy atom. The van der Waals surface area contributed by atoms with E-state index < -0.39 is 0 Å². The van der Waals surface area contributed by atoms with Gasteiger partial charge < -0.3 is 4.90 Å². The van der Waals surface area contributed by atoms with Crippen LogP contribution in [-0.2, 0) is 17.6 Å². The van der Waals surface area contributed by atoms with Crippen molar-refractivity contribution in [2.45, 2.75) is 57.3 Å². The Morgan fingerprint density at radius 2 is 2.03 bits per heavy atom. The van der Waals surface area contributed by atoms with Crippen molar-refractivity contribution in [2.75, 3.05) is 30.5 Å². The van der Waals surface area contributed by atoms with Crippen LogP contribution in [0.15, 0.2) is 5.16 Å². The summed E-state index contributed by atoms with van der Waals surface area (Å²) in [5, 5.41) is 16.8. The molecular weight excluding hydrogens is 430 g/mol. The lowest BCUT2D eigenvalue weighted by molar-refractivity contribution is -0.129. The molecular formula is C21H29N7OS2. The Morgan fingerprint density at radius 3 is 2.87 bits per heavy atom. The average Bonchev–Trinajstić information content (AvgIpc) is 3.48. The molecule has 4 aliphatic rings. The quantitative estimate of drug-likeness (QED) is 0.683. The van der Waals surface area contributed by atoms with E-state index in [0.29, 0.717) is 12.4 Å². The number of rotatable bonds is 3. The van der Waals surface area contributed by atoms with Crippen LogP contribution in [0, 0.1) is 11.8 Å². The number of likely N-dealkylation sites (tertiary alicyclic amines) is 1. The molecule has 1 unspecified atom stereocenters. The van der Waals surface area contributed by atoms with Gasteiger partial charge in [-0.15, -0.1) is 21.5 Å². The lowest BCUT2D eigenvalue weighted by atomic mass is 9.87. The summed E-state index contributed by atoms with van der Waals surface area (Å²) < 4.78 is 2.18. The van der Waals surface area contributed by atoms with Crippen LogP contribution in [0.5, 0.6) is 0 Å². The minimum absolute atomic E-state index is 0.104. The van der Waals surface area contributed by atoms with Gasteiger partial charge in [0, 0.05) is 23.5 Å². The second kappa shape index (κ2) is 7.75. The van der Waals surface area contributed by atoms with E-state index in [1.54, 1.807) is 0 Å². The van der Waals surface area contributed by atoms with Gasteiger partial charge in [-0.1, -0.05) is 25.6 Å². The van der Waals surface area contributed by atoms with E-state index in [0.717, 1.165) is 61.7 Å². The number of hydrogen-bond donors (Lipinski definition) is 2. The molecule has 1 aliphatic carbocycles. The molecule has 5 heterocycles. The maximum atomic E-state index is 12.8. The molecule has 3 aliphatic heterocycles. The molecule has 10 heteroatoms. The molecule has 0 aromatic carbocycles. The van der Waals surface area contributed by atoms with Gasteiger partial charge >= 0.3 is 0 Å². The maximum absolute atomic E-state index is 12.8. The number of piperidine rings is 1. The average molecular weight is 460 g/mol. The molecule has 8 nitrogen and oxygen atoms in total. The smallest absolute Gasteiger partial charge is 0.249 e. The monoisotopic (exact) mass is 459 g/mol. The van der Waals surface area contributed by atoms with Crippen molar-refractivity contribution < 1.29 is 4.79 Å². The number of anilines is 1. The third-order valence-electron chi connectivity index (χ3n) is 7.10. The summed E-state index contributed by atoms with van der Waals surface area (Å²) in [6, 6.07) is 0. The molecule has 2 saturated heterocycles. The first-order valence-corrected chi connectivity index (χ1v) is 13.2. The lowest BCUT2D eigenvalue weighted by Crippen LogP contribution is -2.39. The maximum Gasteiger partial charge on any atom is 0.249 e. The molecule has 31 heavy (non-hydrogen) atoms. The van der Waals surface area contributed by atoms with Gasteiger partial charge in [-0.25, -0.2) is 9.99 Å². The summed E-state index contributed by atoms with van der Waals surface area (Å²) in [6.07, 6.45) is 5.86. The minimum Gasteiger partial charge on any atom is -0.342 e. The predicted octanol–water partition coefficient (Wildman–Crippen LogP) is 2.69. The molecule has 1 amide bonds. The van der Waals surface area contributed by atoms with E-state index in [4.69, 9.17) is 0 Å². The number of thiophene rings is 1. The fourth-order valence-corrected chi connectivity index (χ4v) is 7.47. The van der Waals surface area contributed by atoms with Gasteiger partial charge in [0.1, 0.15) is 11.2 Å². The fourth-order valence-electron chi connectivity index (χ4n) is 5.21. The molecule has 0 saturated carbocycles. The standard InChI is InChI=1S/C21H29N7OS2/c1-12-5-7-26(8-6-12)16(29)10-30-21-25-24-20-27(21)19-17(18-22-11-23-28(18)20)14-9-13(2)3-4-15(14)31-19/h12-13,18,22-23H,3-11H2,1-2H3/t13-,18?/m1/s1. The van der Waals surface area contributed by atoms with Crippen LogP contribution in [0.4, 0.5) is 5.95 Å². The normalized spacial score (nSPS) is 25.2. The lowest BCUT2D eigenvalue weighted by Gasteiger charge is -2.32. The summed E-state index contributed by atoms with van der Waals surface area (Å²) in [6.45, 7) is 7.09. The minimum atomic E-state index is 0.104. The van der Waals surface area contributed by atoms with Crippen LogP contribution >= 0.6 is 23.1 Å². The van der Waals surface area contributed by atoms with Crippen molar-refractivity contribution >= 4 is 35.0 Å². The SMILES string of the molecule is CC1CCN(C(=O)CSc2nnc3n2-c2sc4c(c2C2NCNN32)C[C@H](C)CC4)CC1. The number of aromatic nitrogens is 3. The fraction of sp³-hybridized carbons (Fsp3) is 0.667. The Bertz CT molecular complexity index is 1010. The molecule has 2 aromatic heterocycles. The van der Waals surface area contributed by atoms with E-state index in [1.807, 2.05) is 16.2 Å². The van der Waals surface area contributed by atoms with Gasteiger partial charge in [-0.05, 0) is 49.5 Å². The van der Waals surface area contributed by atoms with Crippen LogP contribution in [0.1, 0.15) is 55.3 Å². The van der Waals surface area contributed by atoms with E-state index in [2.05, 4.69) is 44.4 Å². The number of nitrogens with zero attached hydrogens (tertiary/aromatic N) is 5. The molecule has 2 fully saturated rings. The first-order valence-electron chi connectivity index (χ1n) is 11.4. The van der Waals surface area contributed by atoms with Crippen molar-refractivity contribution in [1.29, 1.82) is 0 Å². The molecule has 0 spiro atoms. The van der Waals surface area contributed by atoms with Crippen molar-refractivity contribution in [3.8, 4) is 5.00 Å². The highest BCUT2D eigenvalue weighted by molar-refractivity contribution is 7.99. The van der Waals surface area contributed by atoms with Crippen LogP contribution in [-0.4, -0.2) is 51.1 Å². The summed E-state index contributed by atoms with van der Waals surface area (Å²) in [5.41, 5.74) is 6.31. The van der Waals surface area contributed by atoms with Crippen molar-refractivity contribution in [3.63, 3.8) is 0 Å². The molecule has 2 aromatic rings. The van der Waals surface area contributed by atoms with E-state index in [-0.39, 0.29) is 12.1 Å². The zero-order valence-electron chi connectivity index (χ0n) is 18.1. The number of hydrogen-bond acceptors (Lipinski definition) is 8. The third-order valence-corrected chi connectivity index (χ3v) is 9.31. The zero-order valence-corrected chi connectivity index (χ0v) is 19.7. The van der Waals surface area contributed by atoms with Gasteiger partial charge in [0.2, 0.25) is 11.9 Å². The Labute approximate surface area is 190 Å².